The molecule has 0 unspecified atom stereocenters. The van der Waals surface area contributed by atoms with Crippen LogP contribution in [0.2, 0.25) is 0 Å². The Kier molecular flexibility index (Phi) is 4.69. The average molecular weight is 160 g/mol. The zero-order chi connectivity index (χ0) is 8.91. The molecule has 0 aliphatic rings. The molecule has 2 heteroatoms. The van der Waals surface area contributed by atoms with Crippen molar-refractivity contribution in [2.24, 2.45) is 5.92 Å². The minimum Gasteiger partial charge on any atom is -0.394 e. The maximum atomic E-state index is 8.54. The summed E-state index contributed by atoms with van der Waals surface area (Å²) in [4.78, 5) is 0. The van der Waals surface area contributed by atoms with E-state index in [0.717, 1.165) is 6.42 Å². The van der Waals surface area contributed by atoms with E-state index < -0.39 is 0 Å². The van der Waals surface area contributed by atoms with E-state index >= 15 is 0 Å². The lowest BCUT2D eigenvalue weighted by Crippen LogP contribution is -2.27. The molecule has 0 atom stereocenters. The van der Waals surface area contributed by atoms with Crippen LogP contribution in [0.3, 0.4) is 0 Å². The summed E-state index contributed by atoms with van der Waals surface area (Å²) in [5.74, 6) is 0.642. The van der Waals surface area contributed by atoms with Crippen molar-refractivity contribution in [1.29, 1.82) is 0 Å². The van der Waals surface area contributed by atoms with Crippen molar-refractivity contribution in [2.45, 2.75) is 39.7 Å². The van der Waals surface area contributed by atoms with Gasteiger partial charge in [0.1, 0.15) is 0 Å². The lowest BCUT2D eigenvalue weighted by Gasteiger charge is -2.26. The Labute approximate surface area is 69.6 Å². The first-order valence-electron chi connectivity index (χ1n) is 4.23. The van der Waals surface area contributed by atoms with Crippen molar-refractivity contribution < 1.29 is 9.84 Å². The molecule has 0 saturated carbocycles. The Bertz CT molecular complexity index is 97.7. The molecule has 0 aliphatic carbocycles. The summed E-state index contributed by atoms with van der Waals surface area (Å²) >= 11 is 0. The van der Waals surface area contributed by atoms with Crippen molar-refractivity contribution in [1.82, 2.24) is 0 Å². The third-order valence-corrected chi connectivity index (χ3v) is 1.48. The maximum Gasteiger partial charge on any atom is 0.0704 e. The number of aliphatic hydroxyl groups excluding tert-OH is 1. The van der Waals surface area contributed by atoms with Crippen LogP contribution in [0, 0.1) is 5.92 Å². The largest absolute Gasteiger partial charge is 0.394 e. The summed E-state index contributed by atoms with van der Waals surface area (Å²) < 4.78 is 5.44. The fraction of sp³-hybridized carbons (Fsp3) is 1.00. The van der Waals surface area contributed by atoms with Crippen LogP contribution >= 0.6 is 0 Å². The van der Waals surface area contributed by atoms with E-state index in [1.807, 2.05) is 0 Å². The first-order valence-corrected chi connectivity index (χ1v) is 4.23. The summed E-state index contributed by atoms with van der Waals surface area (Å²) in [6.07, 6.45) is 1.03. The van der Waals surface area contributed by atoms with Crippen molar-refractivity contribution in [2.75, 3.05) is 13.2 Å². The van der Waals surface area contributed by atoms with E-state index in [1.165, 1.54) is 0 Å². The summed E-state index contributed by atoms with van der Waals surface area (Å²) in [5.41, 5.74) is -0.0864. The van der Waals surface area contributed by atoms with Crippen molar-refractivity contribution in [3.05, 3.63) is 0 Å². The van der Waals surface area contributed by atoms with Gasteiger partial charge < -0.3 is 9.84 Å². The number of aliphatic hydroxyl groups is 1. The zero-order valence-electron chi connectivity index (χ0n) is 8.05. The Morgan fingerprint density at radius 1 is 1.36 bits per heavy atom. The van der Waals surface area contributed by atoms with E-state index in [0.29, 0.717) is 12.5 Å². The van der Waals surface area contributed by atoms with Crippen LogP contribution in [0.5, 0.6) is 0 Å². The molecule has 1 N–H and O–H groups in total. The van der Waals surface area contributed by atoms with Crippen LogP contribution in [0.25, 0.3) is 0 Å². The minimum atomic E-state index is -0.0864. The molecule has 0 aliphatic heterocycles. The quantitative estimate of drug-likeness (QED) is 0.664. The molecule has 0 radical (unpaired) electrons. The molecule has 0 aromatic heterocycles. The molecular formula is C9H20O2. The molecule has 0 aromatic carbocycles. The highest BCUT2D eigenvalue weighted by molar-refractivity contribution is 4.69. The van der Waals surface area contributed by atoms with Gasteiger partial charge in [-0.15, -0.1) is 0 Å². The van der Waals surface area contributed by atoms with E-state index in [4.69, 9.17) is 9.84 Å². The molecule has 11 heavy (non-hydrogen) atoms. The summed E-state index contributed by atoms with van der Waals surface area (Å²) in [6.45, 7) is 9.01. The Morgan fingerprint density at radius 3 is 2.27 bits per heavy atom. The number of hydrogen-bond acceptors (Lipinski definition) is 2. The van der Waals surface area contributed by atoms with Crippen LogP contribution < -0.4 is 0 Å². The SMILES string of the molecule is CC(C)CC(C)(C)OCCO. The fourth-order valence-electron chi connectivity index (χ4n) is 1.36. The summed E-state index contributed by atoms with van der Waals surface area (Å²) in [6, 6.07) is 0. The van der Waals surface area contributed by atoms with Gasteiger partial charge in [0.25, 0.3) is 0 Å². The molecular weight excluding hydrogens is 140 g/mol. The van der Waals surface area contributed by atoms with Gasteiger partial charge in [-0.05, 0) is 26.2 Å². The second-order valence-corrected chi connectivity index (χ2v) is 3.93. The first kappa shape index (κ1) is 10.9. The predicted octanol–water partition coefficient (Wildman–Crippen LogP) is 1.82. The van der Waals surface area contributed by atoms with Gasteiger partial charge in [-0.2, -0.15) is 0 Å². The van der Waals surface area contributed by atoms with Gasteiger partial charge >= 0.3 is 0 Å². The fourth-order valence-corrected chi connectivity index (χ4v) is 1.36. The van der Waals surface area contributed by atoms with E-state index in [1.54, 1.807) is 0 Å². The third kappa shape index (κ3) is 6.32. The lowest BCUT2D eigenvalue weighted by atomic mass is 9.96. The number of hydrogen-bond donors (Lipinski definition) is 1. The van der Waals surface area contributed by atoms with Crippen LogP contribution in [0.1, 0.15) is 34.1 Å². The van der Waals surface area contributed by atoms with Gasteiger partial charge in [-0.3, -0.25) is 0 Å². The second-order valence-electron chi connectivity index (χ2n) is 3.93. The number of rotatable bonds is 5. The van der Waals surface area contributed by atoms with Crippen molar-refractivity contribution in [3.63, 3.8) is 0 Å². The molecule has 0 saturated heterocycles. The van der Waals surface area contributed by atoms with Gasteiger partial charge in [0, 0.05) is 0 Å². The van der Waals surface area contributed by atoms with Crippen LogP contribution in [-0.2, 0) is 4.74 Å². The monoisotopic (exact) mass is 160 g/mol. The molecule has 0 aromatic rings. The smallest absolute Gasteiger partial charge is 0.0704 e. The van der Waals surface area contributed by atoms with Gasteiger partial charge in [0.15, 0.2) is 0 Å². The van der Waals surface area contributed by atoms with E-state index in [-0.39, 0.29) is 12.2 Å². The highest BCUT2D eigenvalue weighted by Gasteiger charge is 2.19. The van der Waals surface area contributed by atoms with Crippen molar-refractivity contribution >= 4 is 0 Å². The predicted molar refractivity (Wildman–Crippen MR) is 46.6 cm³/mol. The highest BCUT2D eigenvalue weighted by Crippen LogP contribution is 2.19. The molecule has 0 spiro atoms. The average Bonchev–Trinajstić information content (AvgIpc) is 1.81. The van der Waals surface area contributed by atoms with Crippen LogP contribution in [0.15, 0.2) is 0 Å². The molecule has 0 rings (SSSR count). The highest BCUT2D eigenvalue weighted by atomic mass is 16.5. The molecule has 2 nitrogen and oxygen atoms in total. The minimum absolute atomic E-state index is 0.0864. The summed E-state index contributed by atoms with van der Waals surface area (Å²) in [7, 11) is 0. The van der Waals surface area contributed by atoms with Gasteiger partial charge in [0.05, 0.1) is 18.8 Å². The van der Waals surface area contributed by atoms with E-state index in [2.05, 4.69) is 27.7 Å². The molecule has 0 fully saturated rings. The summed E-state index contributed by atoms with van der Waals surface area (Å²) in [5, 5.41) is 8.54. The van der Waals surface area contributed by atoms with Crippen LogP contribution in [0.4, 0.5) is 0 Å². The van der Waals surface area contributed by atoms with Gasteiger partial charge in [-0.25, -0.2) is 0 Å². The molecule has 0 amide bonds. The van der Waals surface area contributed by atoms with Crippen LogP contribution in [-0.4, -0.2) is 23.9 Å². The van der Waals surface area contributed by atoms with Gasteiger partial charge in [0.2, 0.25) is 0 Å². The molecule has 0 bridgehead atoms. The first-order chi connectivity index (χ1) is 4.98. The lowest BCUT2D eigenvalue weighted by molar-refractivity contribution is -0.0449. The zero-order valence-corrected chi connectivity index (χ0v) is 8.05. The number of ether oxygens (including phenoxy) is 1. The Morgan fingerprint density at radius 2 is 1.91 bits per heavy atom. The molecule has 68 valence electrons. The Balaban J connectivity index is 3.61. The topological polar surface area (TPSA) is 29.5 Å². The van der Waals surface area contributed by atoms with E-state index in [9.17, 15) is 0 Å². The van der Waals surface area contributed by atoms with Gasteiger partial charge in [-0.1, -0.05) is 13.8 Å². The van der Waals surface area contributed by atoms with Crippen molar-refractivity contribution in [3.8, 4) is 0 Å². The Hall–Kier alpha value is -0.0800. The maximum absolute atomic E-state index is 8.54. The second kappa shape index (κ2) is 4.73. The standard InChI is InChI=1S/C9H20O2/c1-8(2)7-9(3,4)11-6-5-10/h8,10H,5-7H2,1-4H3. The normalized spacial score (nSPS) is 12.5. The third-order valence-electron chi connectivity index (χ3n) is 1.48. The molecule has 0 heterocycles.